The highest BCUT2D eigenvalue weighted by Gasteiger charge is 2.17. The van der Waals surface area contributed by atoms with Gasteiger partial charge in [-0.2, -0.15) is 11.8 Å². The summed E-state index contributed by atoms with van der Waals surface area (Å²) in [5.74, 6) is 2.72. The highest BCUT2D eigenvalue weighted by molar-refractivity contribution is 7.99. The van der Waals surface area contributed by atoms with Crippen LogP contribution in [0.1, 0.15) is 58.8 Å². The molecule has 1 nitrogen and oxygen atoms in total. The van der Waals surface area contributed by atoms with E-state index in [0.717, 1.165) is 12.1 Å². The second kappa shape index (κ2) is 8.46. The minimum absolute atomic E-state index is 0.790. The van der Waals surface area contributed by atoms with Crippen molar-refractivity contribution < 1.29 is 0 Å². The van der Waals surface area contributed by atoms with E-state index in [4.69, 9.17) is 0 Å². The Morgan fingerprint density at radius 2 is 2.13 bits per heavy atom. The van der Waals surface area contributed by atoms with Gasteiger partial charge in [-0.25, -0.2) is 0 Å². The normalized spacial score (nSPS) is 24.0. The zero-order valence-corrected chi connectivity index (χ0v) is 11.2. The van der Waals surface area contributed by atoms with E-state index in [-0.39, 0.29) is 0 Å². The average Bonchev–Trinajstić information content (AvgIpc) is 2.28. The second-order valence-corrected chi connectivity index (χ2v) is 5.86. The van der Waals surface area contributed by atoms with Crippen LogP contribution in [-0.4, -0.2) is 23.6 Å². The summed E-state index contributed by atoms with van der Waals surface area (Å²) in [4.78, 5) is 0. The van der Waals surface area contributed by atoms with Crippen molar-refractivity contribution in [3.8, 4) is 0 Å². The molecule has 0 radical (unpaired) electrons. The molecule has 0 aromatic rings. The summed E-state index contributed by atoms with van der Waals surface area (Å²) in [6.45, 7) is 4.59. The number of unbranched alkanes of at least 4 members (excludes halogenated alkanes) is 1. The Morgan fingerprint density at radius 3 is 2.73 bits per heavy atom. The van der Waals surface area contributed by atoms with E-state index >= 15 is 0 Å². The third-order valence-electron chi connectivity index (χ3n) is 3.17. The number of hydrogen-bond acceptors (Lipinski definition) is 2. The molecule has 0 aromatic carbocycles. The molecular weight excluding hydrogens is 202 g/mol. The Balaban J connectivity index is 2.21. The Bertz CT molecular complexity index is 143. The first-order valence-electron chi connectivity index (χ1n) is 6.70. The van der Waals surface area contributed by atoms with Gasteiger partial charge in [0, 0.05) is 17.8 Å². The summed E-state index contributed by atoms with van der Waals surface area (Å²) in [5, 5.41) is 3.87. The molecule has 1 heterocycles. The topological polar surface area (TPSA) is 12.0 Å². The number of thioether (sulfide) groups is 1. The molecule has 2 unspecified atom stereocenters. The van der Waals surface area contributed by atoms with Crippen LogP contribution in [0.5, 0.6) is 0 Å². The highest BCUT2D eigenvalue weighted by Crippen LogP contribution is 2.19. The van der Waals surface area contributed by atoms with Crippen LogP contribution in [0.4, 0.5) is 0 Å². The molecule has 1 aliphatic rings. The molecule has 0 aliphatic carbocycles. The van der Waals surface area contributed by atoms with Crippen molar-refractivity contribution in [1.82, 2.24) is 5.32 Å². The molecule has 1 aliphatic heterocycles. The molecule has 1 fully saturated rings. The summed E-state index contributed by atoms with van der Waals surface area (Å²) in [7, 11) is 0. The van der Waals surface area contributed by atoms with Gasteiger partial charge >= 0.3 is 0 Å². The van der Waals surface area contributed by atoms with Gasteiger partial charge in [0.25, 0.3) is 0 Å². The van der Waals surface area contributed by atoms with E-state index in [1.54, 1.807) is 0 Å². The number of nitrogens with one attached hydrogen (secondary N) is 1. The summed E-state index contributed by atoms with van der Waals surface area (Å²) in [6.07, 6.45) is 9.60. The molecule has 0 bridgehead atoms. The van der Waals surface area contributed by atoms with E-state index < -0.39 is 0 Å². The van der Waals surface area contributed by atoms with E-state index in [1.165, 1.54) is 56.5 Å². The van der Waals surface area contributed by atoms with Crippen LogP contribution in [0, 0.1) is 0 Å². The van der Waals surface area contributed by atoms with Gasteiger partial charge in [0.2, 0.25) is 0 Å². The lowest BCUT2D eigenvalue weighted by Gasteiger charge is -2.28. The van der Waals surface area contributed by atoms with Crippen LogP contribution in [0.2, 0.25) is 0 Å². The molecule has 0 amide bonds. The maximum absolute atomic E-state index is 3.87. The third-order valence-corrected chi connectivity index (χ3v) is 4.39. The van der Waals surface area contributed by atoms with Gasteiger partial charge in [-0.3, -0.25) is 0 Å². The lowest BCUT2D eigenvalue weighted by molar-refractivity contribution is 0.378. The Hall–Kier alpha value is 0.310. The van der Waals surface area contributed by atoms with Crippen LogP contribution >= 0.6 is 11.8 Å². The van der Waals surface area contributed by atoms with Crippen molar-refractivity contribution in [3.63, 3.8) is 0 Å². The number of hydrogen-bond donors (Lipinski definition) is 1. The van der Waals surface area contributed by atoms with Crippen molar-refractivity contribution in [3.05, 3.63) is 0 Å². The fourth-order valence-corrected chi connectivity index (χ4v) is 3.40. The Kier molecular flexibility index (Phi) is 7.54. The smallest absolute Gasteiger partial charge is 0.0161 e. The van der Waals surface area contributed by atoms with E-state index in [1.807, 2.05) is 0 Å². The first kappa shape index (κ1) is 13.4. The van der Waals surface area contributed by atoms with Crippen molar-refractivity contribution in [1.29, 1.82) is 0 Å². The molecule has 1 saturated heterocycles. The molecule has 1 N–H and O–H groups in total. The van der Waals surface area contributed by atoms with Crippen molar-refractivity contribution in [2.45, 2.75) is 70.9 Å². The quantitative estimate of drug-likeness (QED) is 0.712. The monoisotopic (exact) mass is 229 g/mol. The highest BCUT2D eigenvalue weighted by atomic mass is 32.2. The molecular formula is C13H27NS. The zero-order valence-electron chi connectivity index (χ0n) is 10.4. The van der Waals surface area contributed by atoms with Gasteiger partial charge in [0.1, 0.15) is 0 Å². The van der Waals surface area contributed by atoms with Gasteiger partial charge < -0.3 is 5.32 Å². The average molecular weight is 229 g/mol. The molecule has 15 heavy (non-hydrogen) atoms. The molecule has 0 spiro atoms. The summed E-state index contributed by atoms with van der Waals surface area (Å²) < 4.78 is 0. The maximum atomic E-state index is 3.87. The standard InChI is InChI=1S/C13H27NS/c1-3-5-8-12(7-4-2)14-13-9-6-10-15-11-13/h12-14H,3-11H2,1-2H3. The minimum atomic E-state index is 0.790. The molecule has 2 heteroatoms. The van der Waals surface area contributed by atoms with Gasteiger partial charge in [-0.15, -0.1) is 0 Å². The van der Waals surface area contributed by atoms with Crippen LogP contribution in [0.25, 0.3) is 0 Å². The molecule has 90 valence electrons. The first-order valence-corrected chi connectivity index (χ1v) is 7.86. The summed E-state index contributed by atoms with van der Waals surface area (Å²) in [6, 6.07) is 1.59. The summed E-state index contributed by atoms with van der Waals surface area (Å²) >= 11 is 2.12. The SMILES string of the molecule is CCCCC(CCC)NC1CCCSC1. The van der Waals surface area contributed by atoms with Gasteiger partial charge in [0.05, 0.1) is 0 Å². The molecule has 0 aromatic heterocycles. The largest absolute Gasteiger partial charge is 0.310 e. The lowest BCUT2D eigenvalue weighted by atomic mass is 10.0. The maximum Gasteiger partial charge on any atom is 0.0161 e. The minimum Gasteiger partial charge on any atom is -0.310 e. The van der Waals surface area contributed by atoms with Gasteiger partial charge in [-0.1, -0.05) is 33.1 Å². The fraction of sp³-hybridized carbons (Fsp3) is 1.00. The number of rotatable bonds is 7. The Labute approximate surface area is 99.8 Å². The van der Waals surface area contributed by atoms with Gasteiger partial charge in [0.15, 0.2) is 0 Å². The first-order chi connectivity index (χ1) is 7.36. The fourth-order valence-electron chi connectivity index (χ4n) is 2.32. The van der Waals surface area contributed by atoms with E-state index in [0.29, 0.717) is 0 Å². The summed E-state index contributed by atoms with van der Waals surface area (Å²) in [5.41, 5.74) is 0. The van der Waals surface area contributed by atoms with Crippen molar-refractivity contribution >= 4 is 11.8 Å². The van der Waals surface area contributed by atoms with Crippen LogP contribution in [-0.2, 0) is 0 Å². The molecule has 0 saturated carbocycles. The van der Waals surface area contributed by atoms with Gasteiger partial charge in [-0.05, 0) is 31.4 Å². The molecule has 1 rings (SSSR count). The van der Waals surface area contributed by atoms with Crippen molar-refractivity contribution in [2.24, 2.45) is 0 Å². The predicted octanol–water partition coefficient (Wildman–Crippen LogP) is 3.83. The van der Waals surface area contributed by atoms with Crippen LogP contribution < -0.4 is 5.32 Å². The Morgan fingerprint density at radius 1 is 1.27 bits per heavy atom. The molecule has 2 atom stereocenters. The second-order valence-electron chi connectivity index (χ2n) is 4.71. The van der Waals surface area contributed by atoms with E-state index in [9.17, 15) is 0 Å². The van der Waals surface area contributed by atoms with Crippen LogP contribution in [0.3, 0.4) is 0 Å². The zero-order chi connectivity index (χ0) is 10.9. The van der Waals surface area contributed by atoms with E-state index in [2.05, 4.69) is 30.9 Å². The van der Waals surface area contributed by atoms with Crippen LogP contribution in [0.15, 0.2) is 0 Å². The lowest BCUT2D eigenvalue weighted by Crippen LogP contribution is -2.41. The third kappa shape index (κ3) is 5.82. The van der Waals surface area contributed by atoms with Crippen molar-refractivity contribution in [2.75, 3.05) is 11.5 Å². The predicted molar refractivity (Wildman–Crippen MR) is 71.7 cm³/mol.